The lowest BCUT2D eigenvalue weighted by Gasteiger charge is -2.34. The summed E-state index contributed by atoms with van der Waals surface area (Å²) in [6, 6.07) is 2.12. The molecule has 0 saturated heterocycles. The third kappa shape index (κ3) is 3.58. The van der Waals surface area contributed by atoms with Crippen LogP contribution in [-0.2, 0) is 6.18 Å². The van der Waals surface area contributed by atoms with Gasteiger partial charge >= 0.3 is 6.18 Å². The molecule has 0 amide bonds. The van der Waals surface area contributed by atoms with Crippen LogP contribution < -0.4 is 5.73 Å². The van der Waals surface area contributed by atoms with Gasteiger partial charge in [0, 0.05) is 5.02 Å². The van der Waals surface area contributed by atoms with Gasteiger partial charge in [0.15, 0.2) is 0 Å². The van der Waals surface area contributed by atoms with E-state index in [2.05, 4.69) is 0 Å². The summed E-state index contributed by atoms with van der Waals surface area (Å²) in [5.74, 6) is 0.0561. The van der Waals surface area contributed by atoms with Gasteiger partial charge in [-0.05, 0) is 42.5 Å². The minimum atomic E-state index is -4.44. The van der Waals surface area contributed by atoms with E-state index in [4.69, 9.17) is 17.3 Å². The number of halogens is 5. The molecule has 3 N–H and O–H groups in total. The van der Waals surface area contributed by atoms with Gasteiger partial charge in [-0.25, -0.2) is 0 Å². The van der Waals surface area contributed by atoms with E-state index < -0.39 is 23.9 Å². The molecule has 7 heteroatoms. The van der Waals surface area contributed by atoms with Crippen molar-refractivity contribution >= 4 is 24.0 Å². The van der Waals surface area contributed by atoms with Gasteiger partial charge in [-0.3, -0.25) is 0 Å². The summed E-state index contributed by atoms with van der Waals surface area (Å²) in [6.45, 7) is 0. The van der Waals surface area contributed by atoms with Crippen molar-refractivity contribution in [2.45, 2.75) is 37.6 Å². The van der Waals surface area contributed by atoms with Crippen molar-refractivity contribution in [1.29, 1.82) is 0 Å². The van der Waals surface area contributed by atoms with Crippen molar-refractivity contribution in [2.75, 3.05) is 0 Å². The van der Waals surface area contributed by atoms with E-state index in [9.17, 15) is 18.3 Å². The summed E-state index contributed by atoms with van der Waals surface area (Å²) in [4.78, 5) is 0. The van der Waals surface area contributed by atoms with Crippen molar-refractivity contribution < 1.29 is 18.3 Å². The SMILES string of the molecule is Cl.N[C@@H](c1cc(C(F)(F)F)ccc1Cl)[C@H](O)C1CCC1. The monoisotopic (exact) mass is 329 g/mol. The number of rotatable bonds is 3. The first-order chi connectivity index (χ1) is 8.80. The largest absolute Gasteiger partial charge is 0.416 e. The molecule has 0 heterocycles. The Balaban J connectivity index is 0.00000200. The Morgan fingerprint density at radius 2 is 1.90 bits per heavy atom. The van der Waals surface area contributed by atoms with Gasteiger partial charge in [-0.2, -0.15) is 13.2 Å². The van der Waals surface area contributed by atoms with E-state index in [1.807, 2.05) is 0 Å². The van der Waals surface area contributed by atoms with Crippen LogP contribution in [-0.4, -0.2) is 11.2 Å². The molecule has 114 valence electrons. The number of aliphatic hydroxyl groups excluding tert-OH is 1. The van der Waals surface area contributed by atoms with Crippen LogP contribution in [0.1, 0.15) is 36.4 Å². The maximum absolute atomic E-state index is 12.7. The van der Waals surface area contributed by atoms with E-state index >= 15 is 0 Å². The molecule has 1 aliphatic carbocycles. The highest BCUT2D eigenvalue weighted by Crippen LogP contribution is 2.38. The lowest BCUT2D eigenvalue weighted by atomic mass is 9.77. The Labute approximate surface area is 126 Å². The zero-order chi connectivity index (χ0) is 14.2. The van der Waals surface area contributed by atoms with Crippen molar-refractivity contribution in [1.82, 2.24) is 0 Å². The molecule has 20 heavy (non-hydrogen) atoms. The fourth-order valence-corrected chi connectivity index (χ4v) is 2.48. The third-order valence-electron chi connectivity index (χ3n) is 3.68. The zero-order valence-corrected chi connectivity index (χ0v) is 12.1. The maximum Gasteiger partial charge on any atom is 0.416 e. The van der Waals surface area contributed by atoms with Crippen LogP contribution >= 0.6 is 24.0 Å². The van der Waals surface area contributed by atoms with E-state index in [0.717, 1.165) is 31.4 Å². The van der Waals surface area contributed by atoms with Gasteiger partial charge in [0.1, 0.15) is 0 Å². The first kappa shape index (κ1) is 17.6. The average Bonchev–Trinajstić information content (AvgIpc) is 2.24. The van der Waals surface area contributed by atoms with Crippen molar-refractivity contribution in [3.05, 3.63) is 34.3 Å². The standard InChI is InChI=1S/C13H15ClF3NO.ClH/c14-10-5-4-8(13(15,16)17)6-9(10)11(18)12(19)7-2-1-3-7;/h4-7,11-12,19H,1-3,18H2;1H/t11-,12+;/m0./s1. The topological polar surface area (TPSA) is 46.2 Å². The molecule has 1 aromatic rings. The van der Waals surface area contributed by atoms with Crippen molar-refractivity contribution in [2.24, 2.45) is 11.7 Å². The predicted octanol–water partition coefficient (Wildman–Crippen LogP) is 3.94. The van der Waals surface area contributed by atoms with Gasteiger partial charge in [0.05, 0.1) is 17.7 Å². The highest BCUT2D eigenvalue weighted by Gasteiger charge is 2.34. The van der Waals surface area contributed by atoms with E-state index in [1.54, 1.807) is 0 Å². The zero-order valence-electron chi connectivity index (χ0n) is 10.5. The molecule has 0 spiro atoms. The van der Waals surface area contributed by atoms with Crippen LogP contribution in [0.2, 0.25) is 5.02 Å². The molecule has 0 bridgehead atoms. The molecule has 2 atom stereocenters. The number of hydrogen-bond donors (Lipinski definition) is 2. The van der Waals surface area contributed by atoms with E-state index in [1.165, 1.54) is 6.07 Å². The first-order valence-corrected chi connectivity index (χ1v) is 6.49. The average molecular weight is 330 g/mol. The van der Waals surface area contributed by atoms with Crippen LogP contribution in [0.5, 0.6) is 0 Å². The highest BCUT2D eigenvalue weighted by molar-refractivity contribution is 6.31. The molecule has 1 fully saturated rings. The highest BCUT2D eigenvalue weighted by atomic mass is 35.5. The molecule has 1 aromatic carbocycles. The minimum absolute atomic E-state index is 0. The van der Waals surface area contributed by atoms with Gasteiger partial charge in [-0.15, -0.1) is 12.4 Å². The maximum atomic E-state index is 12.7. The Morgan fingerprint density at radius 3 is 2.35 bits per heavy atom. The van der Waals surface area contributed by atoms with Crippen LogP contribution in [0.15, 0.2) is 18.2 Å². The second-order valence-corrected chi connectivity index (χ2v) is 5.35. The summed E-state index contributed by atoms with van der Waals surface area (Å²) in [5, 5.41) is 10.2. The van der Waals surface area contributed by atoms with Crippen molar-refractivity contribution in [3.63, 3.8) is 0 Å². The molecule has 1 saturated carbocycles. The Morgan fingerprint density at radius 1 is 1.30 bits per heavy atom. The predicted molar refractivity (Wildman–Crippen MR) is 74.0 cm³/mol. The quantitative estimate of drug-likeness (QED) is 0.882. The molecule has 0 aromatic heterocycles. The Kier molecular flexibility index (Phi) is 5.72. The van der Waals surface area contributed by atoms with Gasteiger partial charge in [0.25, 0.3) is 0 Å². The van der Waals surface area contributed by atoms with Gasteiger partial charge in [0.2, 0.25) is 0 Å². The third-order valence-corrected chi connectivity index (χ3v) is 4.03. The number of aliphatic hydroxyl groups is 1. The number of nitrogens with two attached hydrogens (primary N) is 1. The Hall–Kier alpha value is -0.490. The summed E-state index contributed by atoms with van der Waals surface area (Å²) in [5.41, 5.74) is 5.21. The summed E-state index contributed by atoms with van der Waals surface area (Å²) >= 11 is 5.89. The fourth-order valence-electron chi connectivity index (χ4n) is 2.23. The van der Waals surface area contributed by atoms with E-state index in [-0.39, 0.29) is 28.9 Å². The number of benzene rings is 1. The van der Waals surface area contributed by atoms with Crippen LogP contribution in [0.4, 0.5) is 13.2 Å². The molecular weight excluding hydrogens is 314 g/mol. The first-order valence-electron chi connectivity index (χ1n) is 6.11. The van der Waals surface area contributed by atoms with Crippen molar-refractivity contribution in [3.8, 4) is 0 Å². The second-order valence-electron chi connectivity index (χ2n) is 4.94. The molecule has 2 nitrogen and oxygen atoms in total. The second kappa shape index (κ2) is 6.52. The van der Waals surface area contributed by atoms with Crippen LogP contribution in [0.25, 0.3) is 0 Å². The smallest absolute Gasteiger partial charge is 0.391 e. The molecule has 0 aliphatic heterocycles. The Bertz CT molecular complexity index is 463. The lowest BCUT2D eigenvalue weighted by molar-refractivity contribution is -0.137. The van der Waals surface area contributed by atoms with Gasteiger partial charge < -0.3 is 10.8 Å². The van der Waals surface area contributed by atoms with Crippen LogP contribution in [0, 0.1) is 5.92 Å². The normalized spacial score (nSPS) is 18.9. The summed E-state index contributed by atoms with van der Waals surface area (Å²) in [6.07, 6.45) is -2.57. The molecular formula is C13H16Cl2F3NO. The number of hydrogen-bond acceptors (Lipinski definition) is 2. The molecule has 2 rings (SSSR count). The number of alkyl halides is 3. The van der Waals surface area contributed by atoms with Crippen LogP contribution in [0.3, 0.4) is 0 Å². The van der Waals surface area contributed by atoms with Gasteiger partial charge in [-0.1, -0.05) is 18.0 Å². The lowest BCUT2D eigenvalue weighted by Crippen LogP contribution is -2.36. The summed E-state index contributed by atoms with van der Waals surface area (Å²) in [7, 11) is 0. The molecule has 0 unspecified atom stereocenters. The molecule has 0 radical (unpaired) electrons. The molecule has 1 aliphatic rings. The van der Waals surface area contributed by atoms with E-state index in [0.29, 0.717) is 0 Å². The fraction of sp³-hybridized carbons (Fsp3) is 0.538. The minimum Gasteiger partial charge on any atom is -0.391 e. The summed E-state index contributed by atoms with van der Waals surface area (Å²) < 4.78 is 38.0.